The van der Waals surface area contributed by atoms with Gasteiger partial charge in [-0.05, 0) is 6.08 Å². The van der Waals surface area contributed by atoms with Gasteiger partial charge in [-0.15, -0.1) is 6.58 Å². The first kappa shape index (κ1) is 8.11. The van der Waals surface area contributed by atoms with E-state index in [0.717, 1.165) is 6.08 Å². The number of Topliss-reactive ketones (excluding diaryl/α,β-unsaturated/α-hetero) is 1. The van der Waals surface area contributed by atoms with Crippen LogP contribution in [-0.2, 0) is 4.79 Å². The van der Waals surface area contributed by atoms with Crippen LogP contribution in [0.3, 0.4) is 0 Å². The lowest BCUT2D eigenvalue weighted by Gasteiger charge is -1.96. The zero-order valence-electron chi connectivity index (χ0n) is 5.13. The molecule has 9 heavy (non-hydrogen) atoms. The molecule has 1 N–H and O–H groups in total. The summed E-state index contributed by atoms with van der Waals surface area (Å²) in [4.78, 5) is 10.5. The first-order valence-corrected chi connectivity index (χ1v) is 2.54. The van der Waals surface area contributed by atoms with Crippen LogP contribution in [0, 0.1) is 6.10 Å². The molecule has 0 atom stereocenters. The third-order valence-electron chi connectivity index (χ3n) is 0.809. The van der Waals surface area contributed by atoms with Crippen molar-refractivity contribution < 1.29 is 9.90 Å². The summed E-state index contributed by atoms with van der Waals surface area (Å²) in [5.41, 5.74) is 0. The molecule has 0 heterocycles. The fourth-order valence-electron chi connectivity index (χ4n) is 0.349. The Labute approximate surface area is 54.5 Å². The van der Waals surface area contributed by atoms with Crippen LogP contribution >= 0.6 is 0 Å². The summed E-state index contributed by atoms with van der Waals surface area (Å²) in [7, 11) is 0. The van der Waals surface area contributed by atoms with Gasteiger partial charge in [-0.2, -0.15) is 0 Å². The van der Waals surface area contributed by atoms with Gasteiger partial charge in [0.25, 0.3) is 0 Å². The van der Waals surface area contributed by atoms with Crippen LogP contribution in [0.15, 0.2) is 25.3 Å². The summed E-state index contributed by atoms with van der Waals surface area (Å²) >= 11 is 0. The maximum Gasteiger partial charge on any atom is 0.180 e. The van der Waals surface area contributed by atoms with Gasteiger partial charge in [-0.25, -0.2) is 0 Å². The summed E-state index contributed by atoms with van der Waals surface area (Å²) < 4.78 is 0. The second-order valence-electron chi connectivity index (χ2n) is 1.51. The lowest BCUT2D eigenvalue weighted by atomic mass is 10.2. The number of aliphatic hydroxyl groups excluding tert-OH is 1. The minimum Gasteiger partial charge on any atom is -0.374 e. The molecule has 0 saturated carbocycles. The molecule has 0 amide bonds. The molecule has 0 aromatic rings. The maximum atomic E-state index is 10.5. The van der Waals surface area contributed by atoms with Gasteiger partial charge < -0.3 is 5.11 Å². The largest absolute Gasteiger partial charge is 0.374 e. The monoisotopic (exact) mass is 125 g/mol. The Bertz CT molecular complexity index is 127. The third kappa shape index (κ3) is 2.82. The van der Waals surface area contributed by atoms with E-state index in [0.29, 0.717) is 0 Å². The predicted octanol–water partition coefficient (Wildman–Crippen LogP) is 1.22. The van der Waals surface area contributed by atoms with E-state index in [2.05, 4.69) is 13.2 Å². The molecule has 0 aliphatic rings. The van der Waals surface area contributed by atoms with E-state index in [1.54, 1.807) is 0 Å². The van der Waals surface area contributed by atoms with Crippen LogP contribution in [0.5, 0.6) is 0 Å². The van der Waals surface area contributed by atoms with Crippen LogP contribution in [0.4, 0.5) is 0 Å². The van der Waals surface area contributed by atoms with Crippen molar-refractivity contribution in [3.05, 3.63) is 31.4 Å². The average molecular weight is 125 g/mol. The summed E-state index contributed by atoms with van der Waals surface area (Å²) in [6.07, 6.45) is 2.42. The van der Waals surface area contributed by atoms with Gasteiger partial charge in [0.2, 0.25) is 0 Å². The van der Waals surface area contributed by atoms with Crippen molar-refractivity contribution in [3.8, 4) is 0 Å². The number of hydrogen-bond donors (Lipinski definition) is 1. The highest BCUT2D eigenvalue weighted by Gasteiger charge is 2.08. The number of rotatable bonds is 4. The van der Waals surface area contributed by atoms with E-state index >= 15 is 0 Å². The Morgan fingerprint density at radius 3 is 2.44 bits per heavy atom. The molecule has 0 spiro atoms. The van der Waals surface area contributed by atoms with Gasteiger partial charge in [-0.1, -0.05) is 12.7 Å². The molecular formula is C7H9O2. The Kier molecular flexibility index (Phi) is 3.64. The quantitative estimate of drug-likeness (QED) is 0.573. The summed E-state index contributed by atoms with van der Waals surface area (Å²) in [6, 6.07) is 0. The summed E-state index contributed by atoms with van der Waals surface area (Å²) in [5.74, 6) is -0.347. The van der Waals surface area contributed by atoms with Gasteiger partial charge in [0.15, 0.2) is 11.9 Å². The van der Waals surface area contributed by atoms with Gasteiger partial charge in [0.05, 0.1) is 0 Å². The molecule has 2 nitrogen and oxygen atoms in total. The molecule has 0 aliphatic carbocycles. The van der Waals surface area contributed by atoms with Crippen LogP contribution in [0.25, 0.3) is 0 Å². The molecule has 0 fully saturated rings. The number of carbonyl (C=O) groups excluding carboxylic acids is 1. The Hall–Kier alpha value is -0.890. The molecule has 0 aromatic carbocycles. The van der Waals surface area contributed by atoms with Crippen molar-refractivity contribution >= 4 is 5.78 Å². The molecular weight excluding hydrogens is 116 g/mol. The van der Waals surface area contributed by atoms with Gasteiger partial charge in [0.1, 0.15) is 0 Å². The molecule has 49 valence electrons. The molecule has 0 bridgehead atoms. The van der Waals surface area contributed by atoms with E-state index in [-0.39, 0.29) is 18.3 Å². The minimum absolute atomic E-state index is 0.165. The Balaban J connectivity index is 3.71. The van der Waals surface area contributed by atoms with Crippen molar-refractivity contribution in [3.63, 3.8) is 0 Å². The van der Waals surface area contributed by atoms with Crippen molar-refractivity contribution in [1.82, 2.24) is 0 Å². The maximum absolute atomic E-state index is 10.5. The van der Waals surface area contributed by atoms with Crippen molar-refractivity contribution in [2.24, 2.45) is 0 Å². The zero-order valence-corrected chi connectivity index (χ0v) is 5.13. The van der Waals surface area contributed by atoms with E-state index in [1.165, 1.54) is 6.08 Å². The number of aliphatic hydroxyl groups is 1. The Morgan fingerprint density at radius 1 is 1.56 bits per heavy atom. The predicted molar refractivity (Wildman–Crippen MR) is 35.2 cm³/mol. The highest BCUT2D eigenvalue weighted by molar-refractivity contribution is 5.92. The lowest BCUT2D eigenvalue weighted by Crippen LogP contribution is -2.06. The van der Waals surface area contributed by atoms with E-state index in [1.807, 2.05) is 0 Å². The van der Waals surface area contributed by atoms with E-state index in [4.69, 9.17) is 5.11 Å². The molecule has 0 aliphatic heterocycles. The van der Waals surface area contributed by atoms with Crippen molar-refractivity contribution in [2.75, 3.05) is 0 Å². The second-order valence-corrected chi connectivity index (χ2v) is 1.51. The molecule has 0 saturated heterocycles. The van der Waals surface area contributed by atoms with Crippen LogP contribution in [0.2, 0.25) is 0 Å². The topological polar surface area (TPSA) is 37.3 Å². The highest BCUT2D eigenvalue weighted by atomic mass is 16.3. The number of hydrogen-bond acceptors (Lipinski definition) is 2. The van der Waals surface area contributed by atoms with E-state index in [9.17, 15) is 4.79 Å². The standard InChI is InChI=1S/C7H9O2/c1-3-5-7(9)6(8)4-2/h3-4,8H,1-2,5H2. The Morgan fingerprint density at radius 2 is 2.11 bits per heavy atom. The summed E-state index contributed by atoms with van der Waals surface area (Å²) in [6.45, 7) is 6.56. The van der Waals surface area contributed by atoms with Gasteiger partial charge in [-0.3, -0.25) is 4.79 Å². The second kappa shape index (κ2) is 4.04. The van der Waals surface area contributed by atoms with Crippen LogP contribution in [0.1, 0.15) is 6.42 Å². The van der Waals surface area contributed by atoms with Crippen LogP contribution in [-0.4, -0.2) is 10.9 Å². The molecule has 1 radical (unpaired) electrons. The average Bonchev–Trinajstić information content (AvgIpc) is 1.87. The van der Waals surface area contributed by atoms with Crippen molar-refractivity contribution in [2.45, 2.75) is 6.42 Å². The number of ketones is 1. The van der Waals surface area contributed by atoms with Crippen molar-refractivity contribution in [1.29, 1.82) is 0 Å². The zero-order chi connectivity index (χ0) is 7.28. The van der Waals surface area contributed by atoms with Crippen LogP contribution < -0.4 is 0 Å². The molecule has 0 rings (SSSR count). The van der Waals surface area contributed by atoms with Gasteiger partial charge >= 0.3 is 0 Å². The van der Waals surface area contributed by atoms with Gasteiger partial charge in [0, 0.05) is 6.42 Å². The summed E-state index contributed by atoms with van der Waals surface area (Å²) in [5, 5.41) is 8.66. The fraction of sp³-hybridized carbons (Fsp3) is 0.143. The van der Waals surface area contributed by atoms with E-state index < -0.39 is 0 Å². The number of allylic oxidation sites excluding steroid dienone is 1. The molecule has 2 heteroatoms. The minimum atomic E-state index is -0.347. The normalized spacial score (nSPS) is 9.11. The smallest absolute Gasteiger partial charge is 0.180 e. The first-order valence-electron chi connectivity index (χ1n) is 2.54. The third-order valence-corrected chi connectivity index (χ3v) is 0.809. The first-order chi connectivity index (χ1) is 4.22. The highest BCUT2D eigenvalue weighted by Crippen LogP contribution is 1.99. The lowest BCUT2D eigenvalue weighted by molar-refractivity contribution is -0.119. The number of carbonyl (C=O) groups is 1. The SMILES string of the molecule is C=CCC(=O)[C](O)C=C. The fourth-order valence-corrected chi connectivity index (χ4v) is 0.349. The molecule has 0 unspecified atom stereocenters. The molecule has 0 aromatic heterocycles.